The Morgan fingerprint density at radius 3 is 2.89 bits per heavy atom. The molecule has 0 amide bonds. The summed E-state index contributed by atoms with van der Waals surface area (Å²) in [6.45, 7) is 0. The first-order valence-electron chi connectivity index (χ1n) is 4.94. The van der Waals surface area contributed by atoms with E-state index in [1.807, 2.05) is 0 Å². The van der Waals surface area contributed by atoms with Gasteiger partial charge in [0.05, 0.1) is 10.6 Å². The molecule has 0 saturated heterocycles. The number of aromatic amines is 2. The molecule has 0 bridgehead atoms. The summed E-state index contributed by atoms with van der Waals surface area (Å²) in [6, 6.07) is 3.26. The van der Waals surface area contributed by atoms with Crippen LogP contribution in [-0.4, -0.2) is 36.7 Å². The number of aromatic carboxylic acids is 1. The Hall–Kier alpha value is -2.41. The molecule has 0 radical (unpaired) electrons. The monoisotopic (exact) mass is 263 g/mol. The molecule has 1 aromatic carbocycles. The normalized spacial score (nSPS) is 10.9. The molecule has 90 valence electrons. The Labute approximate surface area is 105 Å². The third-order valence-corrected chi connectivity index (χ3v) is 2.90. The summed E-state index contributed by atoms with van der Waals surface area (Å²) < 4.78 is 0. The number of carbonyl (C=O) groups is 1. The molecule has 0 saturated carbocycles. The Balaban J connectivity index is 2.30. The van der Waals surface area contributed by atoms with Crippen LogP contribution in [0.2, 0.25) is 5.02 Å². The van der Waals surface area contributed by atoms with Crippen LogP contribution >= 0.6 is 11.6 Å². The summed E-state index contributed by atoms with van der Waals surface area (Å²) in [5.74, 6) is -0.693. The van der Waals surface area contributed by atoms with Crippen molar-refractivity contribution in [3.05, 3.63) is 28.9 Å². The average Bonchev–Trinajstić information content (AvgIpc) is 2.95. The fraction of sp³-hybridized carbons (Fsp3) is 0. The minimum atomic E-state index is -1.01. The second-order valence-corrected chi connectivity index (χ2v) is 4.03. The number of H-pyrrole nitrogens is 2. The van der Waals surface area contributed by atoms with Gasteiger partial charge in [0.15, 0.2) is 0 Å². The van der Waals surface area contributed by atoms with Crippen LogP contribution in [0.1, 0.15) is 10.4 Å². The number of carboxylic acid groups (broad SMARTS) is 1. The van der Waals surface area contributed by atoms with Crippen LogP contribution in [0, 0.1) is 0 Å². The van der Waals surface area contributed by atoms with Gasteiger partial charge >= 0.3 is 5.97 Å². The van der Waals surface area contributed by atoms with Crippen LogP contribution in [-0.2, 0) is 0 Å². The topological polar surface area (TPSA) is 108 Å². The Kier molecular flexibility index (Phi) is 2.27. The van der Waals surface area contributed by atoms with E-state index in [1.165, 1.54) is 6.20 Å². The maximum Gasteiger partial charge on any atom is 0.337 e. The van der Waals surface area contributed by atoms with E-state index in [4.69, 9.17) is 16.7 Å². The fourth-order valence-corrected chi connectivity index (χ4v) is 2.02. The van der Waals surface area contributed by atoms with E-state index >= 15 is 0 Å². The van der Waals surface area contributed by atoms with Gasteiger partial charge in [0.2, 0.25) is 5.82 Å². The van der Waals surface area contributed by atoms with Gasteiger partial charge in [0.1, 0.15) is 0 Å². The number of benzene rings is 1. The lowest BCUT2D eigenvalue weighted by Gasteiger charge is -2.00. The molecular formula is C10H6ClN5O2. The van der Waals surface area contributed by atoms with Crippen LogP contribution in [0.4, 0.5) is 0 Å². The highest BCUT2D eigenvalue weighted by Gasteiger charge is 2.15. The highest BCUT2D eigenvalue weighted by molar-refractivity contribution is 6.34. The number of hydrogen-bond donors (Lipinski definition) is 3. The zero-order chi connectivity index (χ0) is 12.7. The number of carboxylic acids is 1. The van der Waals surface area contributed by atoms with Crippen molar-refractivity contribution in [3.8, 4) is 11.4 Å². The first-order valence-corrected chi connectivity index (χ1v) is 5.32. The number of fused-ring (bicyclic) bond motifs is 1. The van der Waals surface area contributed by atoms with Crippen molar-refractivity contribution >= 4 is 28.5 Å². The highest BCUT2D eigenvalue weighted by atomic mass is 35.5. The Bertz CT molecular complexity index is 734. The van der Waals surface area contributed by atoms with Gasteiger partial charge in [-0.3, -0.25) is 0 Å². The maximum absolute atomic E-state index is 11.1. The molecule has 0 unspecified atom stereocenters. The van der Waals surface area contributed by atoms with Crippen LogP contribution < -0.4 is 0 Å². The standard InChI is InChI=1S/C10H6ClN5O2/c11-7-2-8-4(6(3-12-8)10(17)18)1-5(7)9-13-15-16-14-9/h1-3,12H,(H,17,18)(H,13,14,15,16). The first-order chi connectivity index (χ1) is 8.66. The third kappa shape index (κ3) is 1.52. The van der Waals surface area contributed by atoms with Crippen molar-refractivity contribution < 1.29 is 9.90 Å². The van der Waals surface area contributed by atoms with Crippen LogP contribution in [0.5, 0.6) is 0 Å². The molecule has 0 spiro atoms. The molecule has 0 atom stereocenters. The largest absolute Gasteiger partial charge is 0.478 e. The second-order valence-electron chi connectivity index (χ2n) is 3.62. The van der Waals surface area contributed by atoms with Crippen molar-refractivity contribution in [1.29, 1.82) is 0 Å². The number of nitrogens with zero attached hydrogens (tertiary/aromatic N) is 3. The third-order valence-electron chi connectivity index (χ3n) is 2.59. The van der Waals surface area contributed by atoms with Gasteiger partial charge in [-0.15, -0.1) is 10.2 Å². The molecule has 0 fully saturated rings. The van der Waals surface area contributed by atoms with Crippen molar-refractivity contribution in [1.82, 2.24) is 25.6 Å². The first kappa shape index (κ1) is 10.7. The summed E-state index contributed by atoms with van der Waals surface area (Å²) in [5, 5.41) is 23.4. The molecule has 7 nitrogen and oxygen atoms in total. The SMILES string of the molecule is O=C(O)c1c[nH]c2cc(Cl)c(-c3nn[nH]n3)cc12. The van der Waals surface area contributed by atoms with Crippen LogP contribution in [0.3, 0.4) is 0 Å². The lowest BCUT2D eigenvalue weighted by molar-refractivity contribution is 0.0699. The van der Waals surface area contributed by atoms with Crippen molar-refractivity contribution in [2.24, 2.45) is 0 Å². The lowest BCUT2D eigenvalue weighted by Crippen LogP contribution is -1.94. The number of hydrogen-bond acceptors (Lipinski definition) is 4. The molecule has 3 N–H and O–H groups in total. The number of tetrazole rings is 1. The van der Waals surface area contributed by atoms with Gasteiger partial charge < -0.3 is 10.1 Å². The van der Waals surface area contributed by atoms with E-state index in [0.717, 1.165) is 0 Å². The van der Waals surface area contributed by atoms with Gasteiger partial charge in [0, 0.05) is 22.7 Å². The van der Waals surface area contributed by atoms with E-state index in [2.05, 4.69) is 25.6 Å². The molecule has 8 heteroatoms. The molecule has 0 aliphatic carbocycles. The molecule has 0 aliphatic heterocycles. The number of halogens is 1. The molecule has 2 heterocycles. The lowest BCUT2D eigenvalue weighted by atomic mass is 10.1. The summed E-state index contributed by atoms with van der Waals surface area (Å²) in [7, 11) is 0. The number of aromatic nitrogens is 5. The Morgan fingerprint density at radius 2 is 2.22 bits per heavy atom. The quantitative estimate of drug-likeness (QED) is 0.652. The molecule has 3 aromatic rings. The molecule has 0 aliphatic rings. The van der Waals surface area contributed by atoms with Crippen molar-refractivity contribution in [2.75, 3.05) is 0 Å². The Morgan fingerprint density at radius 1 is 1.39 bits per heavy atom. The predicted octanol–water partition coefficient (Wildman–Crippen LogP) is 1.70. The molecule has 3 rings (SSSR count). The van der Waals surface area contributed by atoms with E-state index in [0.29, 0.717) is 27.3 Å². The molecular weight excluding hydrogens is 258 g/mol. The predicted molar refractivity (Wildman–Crippen MR) is 63.4 cm³/mol. The van der Waals surface area contributed by atoms with Gasteiger partial charge in [-0.2, -0.15) is 5.21 Å². The van der Waals surface area contributed by atoms with Gasteiger partial charge in [-0.05, 0) is 17.3 Å². The molecule has 2 aromatic heterocycles. The van der Waals surface area contributed by atoms with Crippen LogP contribution in [0.25, 0.3) is 22.3 Å². The minimum absolute atomic E-state index is 0.173. The highest BCUT2D eigenvalue weighted by Crippen LogP contribution is 2.31. The minimum Gasteiger partial charge on any atom is -0.478 e. The van der Waals surface area contributed by atoms with Gasteiger partial charge in [0.25, 0.3) is 0 Å². The van der Waals surface area contributed by atoms with Crippen LogP contribution in [0.15, 0.2) is 18.3 Å². The van der Waals surface area contributed by atoms with E-state index in [9.17, 15) is 4.79 Å². The maximum atomic E-state index is 11.1. The summed E-state index contributed by atoms with van der Waals surface area (Å²) in [5.41, 5.74) is 1.34. The fourth-order valence-electron chi connectivity index (χ4n) is 1.77. The van der Waals surface area contributed by atoms with E-state index in [-0.39, 0.29) is 5.56 Å². The van der Waals surface area contributed by atoms with Gasteiger partial charge in [-0.1, -0.05) is 11.6 Å². The zero-order valence-electron chi connectivity index (χ0n) is 8.81. The van der Waals surface area contributed by atoms with E-state index < -0.39 is 5.97 Å². The number of rotatable bonds is 2. The number of nitrogens with one attached hydrogen (secondary N) is 2. The second kappa shape index (κ2) is 3.81. The summed E-state index contributed by atoms with van der Waals surface area (Å²) in [6.07, 6.45) is 1.42. The molecule has 18 heavy (non-hydrogen) atoms. The zero-order valence-corrected chi connectivity index (χ0v) is 9.56. The average molecular weight is 264 g/mol. The summed E-state index contributed by atoms with van der Waals surface area (Å²) >= 11 is 6.09. The van der Waals surface area contributed by atoms with Crippen molar-refractivity contribution in [3.63, 3.8) is 0 Å². The van der Waals surface area contributed by atoms with Gasteiger partial charge in [-0.25, -0.2) is 4.79 Å². The van der Waals surface area contributed by atoms with Crippen molar-refractivity contribution in [2.45, 2.75) is 0 Å². The summed E-state index contributed by atoms with van der Waals surface area (Å²) in [4.78, 5) is 13.9. The van der Waals surface area contributed by atoms with E-state index in [1.54, 1.807) is 12.1 Å². The smallest absolute Gasteiger partial charge is 0.337 e.